The molecule has 43 heteroatoms. The van der Waals surface area contributed by atoms with Crippen LogP contribution in [0, 0.1) is 5.92 Å². The minimum atomic E-state index is -1.77. The van der Waals surface area contributed by atoms with Gasteiger partial charge in [0, 0.05) is 118 Å². The zero-order valence-electron chi connectivity index (χ0n) is 76.2. The second kappa shape index (κ2) is 49.5. The number of carbonyl (C=O) groups is 17. The van der Waals surface area contributed by atoms with Crippen LogP contribution in [0.5, 0.6) is 5.75 Å². The first-order chi connectivity index (χ1) is 63.4. The summed E-state index contributed by atoms with van der Waals surface area (Å²) in [5, 5.41) is 49.9. The summed E-state index contributed by atoms with van der Waals surface area (Å²) in [4.78, 5) is 269. The number of H-pyrrole nitrogens is 3. The minimum Gasteiger partial charge on any atom is -0.508 e. The van der Waals surface area contributed by atoms with Gasteiger partial charge in [-0.15, -0.1) is 11.8 Å². The molecule has 6 aromatic rings. The summed E-state index contributed by atoms with van der Waals surface area (Å²) >= 11 is 0.778. The van der Waals surface area contributed by atoms with E-state index >= 15 is 38.4 Å². The van der Waals surface area contributed by atoms with E-state index < -0.39 is 222 Å². The number of nitrogens with two attached hydrogens (primary N) is 4. The van der Waals surface area contributed by atoms with Crippen LogP contribution in [0.3, 0.4) is 0 Å². The van der Waals surface area contributed by atoms with Crippen molar-refractivity contribution >= 4 is 134 Å². The number of aromatic hydroxyl groups is 1. The summed E-state index contributed by atoms with van der Waals surface area (Å²) in [6, 6.07) is -1.20. The van der Waals surface area contributed by atoms with Crippen LogP contribution in [0.1, 0.15) is 140 Å². The lowest BCUT2D eigenvalue weighted by atomic mass is 9.99. The molecule has 15 atom stereocenters. The van der Waals surface area contributed by atoms with Crippen LogP contribution in [0.15, 0.2) is 97.7 Å². The Kier molecular flexibility index (Phi) is 38.6. The number of nitrogens with zero attached hydrogens (tertiary/aromatic N) is 6. The largest absolute Gasteiger partial charge is 0.508 e. The van der Waals surface area contributed by atoms with E-state index in [9.17, 15) is 53.4 Å². The van der Waals surface area contributed by atoms with Crippen LogP contribution in [-0.4, -0.2) is 311 Å². The van der Waals surface area contributed by atoms with Crippen LogP contribution >= 0.6 is 11.8 Å². The van der Waals surface area contributed by atoms with Crippen LogP contribution < -0.4 is 76.1 Å². The number of aromatic nitrogens is 4. The number of nitrogens with one attached hydrogen (secondary N) is 13. The first kappa shape index (κ1) is 104. The maximum absolute atomic E-state index is 15.8. The highest BCUT2D eigenvalue weighted by Gasteiger charge is 2.47. The summed E-state index contributed by atoms with van der Waals surface area (Å²) in [5.74, 6) is -16.9. The topological polar surface area (TPSA) is 631 Å². The number of carbonyl (C=O) groups excluding carboxylic acids is 17. The number of phenols is 1. The Morgan fingerprint density at radius 1 is 0.534 bits per heavy atom. The van der Waals surface area contributed by atoms with Crippen molar-refractivity contribution in [2.24, 2.45) is 28.9 Å². The Bertz CT molecular complexity index is 5110. The lowest BCUT2D eigenvalue weighted by Gasteiger charge is -2.36. The summed E-state index contributed by atoms with van der Waals surface area (Å²) in [6.45, 7) is 6.82. The molecule has 17 amide bonds. The molecule has 0 radical (unpaired) electrons. The number of aliphatic hydroxyl groups is 1. The molecular formula is C90H127N23O19S. The number of imidazole rings is 1. The molecule has 3 fully saturated rings. The van der Waals surface area contributed by atoms with Crippen LogP contribution in [-0.2, 0) is 107 Å². The van der Waals surface area contributed by atoms with Gasteiger partial charge in [-0.1, -0.05) is 102 Å². The Balaban J connectivity index is 1.10. The van der Waals surface area contributed by atoms with Crippen molar-refractivity contribution in [2.75, 3.05) is 65.4 Å². The van der Waals surface area contributed by atoms with Crippen LogP contribution in [0.4, 0.5) is 0 Å². The first-order valence-corrected chi connectivity index (χ1v) is 46.1. The maximum Gasteiger partial charge on any atom is 0.246 e. The number of aliphatic hydroxyl groups excluding tert-OH is 1. The molecule has 0 spiro atoms. The van der Waals surface area contributed by atoms with E-state index in [4.69, 9.17) is 22.9 Å². The average Bonchev–Trinajstić information content (AvgIpc) is 1.73. The molecule has 0 aliphatic carbocycles. The van der Waals surface area contributed by atoms with E-state index in [-0.39, 0.29) is 108 Å². The number of benzene rings is 3. The number of hydrogen-bond acceptors (Lipinski definition) is 23. The van der Waals surface area contributed by atoms with Gasteiger partial charge in [0.2, 0.25) is 100 Å². The number of aromatic amines is 3. The molecule has 3 aromatic carbocycles. The van der Waals surface area contributed by atoms with Crippen molar-refractivity contribution in [3.8, 4) is 5.75 Å². The van der Waals surface area contributed by atoms with E-state index in [1.165, 1.54) is 74.7 Å². The number of fused-ring (bicyclic) bond motifs is 4. The lowest BCUT2D eigenvalue weighted by molar-refractivity contribution is -0.149. The van der Waals surface area contributed by atoms with E-state index in [2.05, 4.69) is 73.1 Å². The number of likely N-dealkylation sites (N-methyl/N-ethyl adjacent to an activating group) is 3. The Hall–Kier alpha value is -13.0. The first-order valence-electron chi connectivity index (χ1n) is 44.9. The Labute approximate surface area is 774 Å². The number of rotatable bonds is 25. The van der Waals surface area contributed by atoms with Gasteiger partial charge in [-0.05, 0) is 112 Å². The number of amides is 17. The molecule has 722 valence electrons. The molecule has 3 aromatic heterocycles. The SMILES string of the molecule is CCCC[C@H]1C(=O)N(C)[C@@H](CCCC)C(=O)N[C@@H](CCN)C(=O)N[C@H](C(=O)NCC(N)=O)CSCC(=O)NC(Cc2ccc(O)cc2)C(=O)N(C)[C@@H](C)C(=O)N[C@@H](CC(N)=O)C(=O)N2CCC[C@H]2C(=O)N[C@@H](Cc2cnc[nH]2)C(=O)N[C@@H](CC(C)C)C(=O)N2C[C@H](O)C[C@H]2C(=O)N[C@@H](Cc2c[nH]c3ccccc23)C(=O)N[C@@H](CCN)C(=O)N[C@@H](Cc2c[nH]c3ccccc23)C(=O)N1C. The Morgan fingerprint density at radius 3 is 1.62 bits per heavy atom. The van der Waals surface area contributed by atoms with Gasteiger partial charge >= 0.3 is 0 Å². The molecule has 23 N–H and O–H groups in total. The van der Waals surface area contributed by atoms with Gasteiger partial charge in [0.15, 0.2) is 0 Å². The zero-order valence-corrected chi connectivity index (χ0v) is 77.0. The summed E-state index contributed by atoms with van der Waals surface area (Å²) in [6.07, 6.45) is 3.89. The summed E-state index contributed by atoms with van der Waals surface area (Å²) < 4.78 is 0. The number of unbranched alkanes of at least 4 members (excludes halogenated alkanes) is 2. The highest BCUT2D eigenvalue weighted by Crippen LogP contribution is 2.28. The van der Waals surface area contributed by atoms with E-state index in [1.807, 2.05) is 13.8 Å². The smallest absolute Gasteiger partial charge is 0.246 e. The second-order valence-corrected chi connectivity index (χ2v) is 35.5. The summed E-state index contributed by atoms with van der Waals surface area (Å²) in [5.41, 5.74) is 26.7. The van der Waals surface area contributed by atoms with Crippen molar-refractivity contribution < 1.29 is 91.7 Å². The average molecular weight is 1870 g/mol. The molecule has 42 nitrogen and oxygen atoms in total. The van der Waals surface area contributed by atoms with Gasteiger partial charge in [-0.3, -0.25) is 81.5 Å². The number of para-hydroxylation sites is 2. The molecular weight excluding hydrogens is 1740 g/mol. The number of thioether (sulfide) groups is 1. The van der Waals surface area contributed by atoms with Crippen LogP contribution in [0.25, 0.3) is 21.8 Å². The second-order valence-electron chi connectivity index (χ2n) is 34.5. The van der Waals surface area contributed by atoms with E-state index in [0.717, 1.165) is 26.5 Å². The van der Waals surface area contributed by atoms with E-state index in [1.54, 1.807) is 74.8 Å². The van der Waals surface area contributed by atoms with E-state index in [0.29, 0.717) is 69.9 Å². The molecule has 6 heterocycles. The lowest BCUT2D eigenvalue weighted by Crippen LogP contribution is -2.61. The highest BCUT2D eigenvalue weighted by atomic mass is 32.2. The zero-order chi connectivity index (χ0) is 97.0. The van der Waals surface area contributed by atoms with Crippen molar-refractivity contribution in [2.45, 2.75) is 234 Å². The molecule has 0 saturated carbocycles. The fraction of sp³-hybridized carbons (Fsp3) is 0.533. The number of primary amides is 2. The molecule has 3 aliphatic heterocycles. The fourth-order valence-corrected chi connectivity index (χ4v) is 17.5. The van der Waals surface area contributed by atoms with Crippen molar-refractivity contribution in [3.63, 3.8) is 0 Å². The van der Waals surface area contributed by atoms with Crippen LogP contribution in [0.2, 0.25) is 0 Å². The van der Waals surface area contributed by atoms with Gasteiger partial charge in [-0.25, -0.2) is 4.98 Å². The van der Waals surface area contributed by atoms with Gasteiger partial charge < -0.3 is 126 Å². The third-order valence-electron chi connectivity index (χ3n) is 24.1. The molecule has 0 bridgehead atoms. The molecule has 9 rings (SSSR count). The van der Waals surface area contributed by atoms with Crippen molar-refractivity contribution in [1.82, 2.24) is 97.6 Å². The standard InChI is InChI=1S/C90H127N23O19S/c1-9-11-22-70-83(125)102-62(30-32-92)80(122)108-69(78(120)98-44-75(94)117)46-133-47-76(118)100-66(35-51-25-27-55(114)28-26-51)86(128)109(6)50(5)77(119)105-68(40-74(93)116)88(130)112-33-17-24-71(112)84(126)104-64(38-54-43-95-48-99-54)82(124)106-65(34-49(3)4)89(131)113-45-56(115)39-73(113)85(127)103-63(36-52-41-96-59-20-15-13-18-57(52)59)81(123)101-61(29-31-91)79(121)107-67(37-53-42-97-60-21-16-14-19-58(53)60)87(129)111(8)72(23-12-10-2)90(132)110(70)7/h13-16,18-21,25-28,41-43,48-50,56,61-73,96-97,114-115H,9-12,17,22-24,29-40,44-47,91-92H2,1-8H3,(H2,93,116)(H2,94,117)(H,95,99)(H,98,120)(H,100,118)(H,101,123)(H,102,125)(H,103,127)(H,104,126)(H,105,119)(H,106,124)(H,107,121)(H,108,122)/t50-,56+,61-,62-,63-,64-,65-,66?,67-,68-,69-,70-,71-,72-,73-/m0/s1. The van der Waals surface area contributed by atoms with Gasteiger partial charge in [0.25, 0.3) is 0 Å². The molecule has 3 saturated heterocycles. The van der Waals surface area contributed by atoms with Gasteiger partial charge in [0.1, 0.15) is 90.3 Å². The molecule has 3 aliphatic rings. The number of phenolic OH excluding ortho intramolecular Hbond substituents is 1. The summed E-state index contributed by atoms with van der Waals surface area (Å²) in [7, 11) is 3.98. The third-order valence-corrected chi connectivity index (χ3v) is 25.1. The minimum absolute atomic E-state index is 0.00725. The fourth-order valence-electron chi connectivity index (χ4n) is 16.7. The normalized spacial score (nSPS) is 25.0. The molecule has 133 heavy (non-hydrogen) atoms. The third kappa shape index (κ3) is 28.5. The van der Waals surface area contributed by atoms with Crippen molar-refractivity contribution in [1.29, 1.82) is 0 Å². The highest BCUT2D eigenvalue weighted by molar-refractivity contribution is 8.00. The van der Waals surface area contributed by atoms with Gasteiger partial charge in [0.05, 0.1) is 31.1 Å². The van der Waals surface area contributed by atoms with Gasteiger partial charge in [-0.2, -0.15) is 0 Å². The quantitative estimate of drug-likeness (QED) is 0.0282. The predicted octanol–water partition coefficient (Wildman–Crippen LogP) is -2.49. The monoisotopic (exact) mass is 1870 g/mol. The predicted molar refractivity (Wildman–Crippen MR) is 491 cm³/mol. The Morgan fingerprint density at radius 2 is 1.05 bits per heavy atom. The van der Waals surface area contributed by atoms with Crippen molar-refractivity contribution in [3.05, 3.63) is 120 Å². The molecule has 1 unspecified atom stereocenters. The number of hydrogen-bond donors (Lipinski definition) is 19. The maximum atomic E-state index is 15.8.